The lowest BCUT2D eigenvalue weighted by atomic mass is 10.00. The van der Waals surface area contributed by atoms with Crippen LogP contribution < -0.4 is 10.4 Å². The first-order valence-corrected chi connectivity index (χ1v) is 8.62. The van der Waals surface area contributed by atoms with Crippen molar-refractivity contribution in [3.8, 4) is 11.3 Å². The first-order valence-electron chi connectivity index (χ1n) is 7.65. The maximum Gasteiger partial charge on any atom is 0.0976 e. The molecule has 0 saturated carbocycles. The molecule has 3 aromatic rings. The number of rotatable bonds is 0. The van der Waals surface area contributed by atoms with Gasteiger partial charge in [0, 0.05) is 15.7 Å². The summed E-state index contributed by atoms with van der Waals surface area (Å²) in [5.74, 6) is 0. The average molecular weight is 334 g/mol. The molecule has 23 heavy (non-hydrogen) atoms. The van der Waals surface area contributed by atoms with E-state index >= 15 is 0 Å². The van der Waals surface area contributed by atoms with E-state index in [9.17, 15) is 0 Å². The zero-order valence-corrected chi connectivity index (χ0v) is 14.3. The fraction of sp³-hybridized carbons (Fsp3) is 0.158. The summed E-state index contributed by atoms with van der Waals surface area (Å²) in [4.78, 5) is 10.8. The molecule has 0 radical (unpaired) electrons. The van der Waals surface area contributed by atoms with Crippen LogP contribution in [0.5, 0.6) is 0 Å². The van der Waals surface area contributed by atoms with Gasteiger partial charge in [0.2, 0.25) is 0 Å². The summed E-state index contributed by atoms with van der Waals surface area (Å²) in [7, 11) is 0. The van der Waals surface area contributed by atoms with Crippen LogP contribution in [0.1, 0.15) is 17.7 Å². The summed E-state index contributed by atoms with van der Waals surface area (Å²) >= 11 is 9.25. The smallest absolute Gasteiger partial charge is 0.0976 e. The zero-order valence-electron chi connectivity index (χ0n) is 12.5. The van der Waals surface area contributed by atoms with Crippen LogP contribution in [-0.4, -0.2) is 15.2 Å². The van der Waals surface area contributed by atoms with E-state index in [1.54, 1.807) is 0 Å². The van der Waals surface area contributed by atoms with Crippen LogP contribution in [-0.2, 0) is 0 Å². The lowest BCUT2D eigenvalue weighted by Gasteiger charge is -2.12. The second-order valence-corrected chi connectivity index (χ2v) is 7.47. The van der Waals surface area contributed by atoms with Gasteiger partial charge in [-0.3, -0.25) is 0 Å². The average Bonchev–Trinajstić information content (AvgIpc) is 2.79. The van der Waals surface area contributed by atoms with Gasteiger partial charge < -0.3 is 0 Å². The number of aryl methyl sites for hydroxylation is 1. The Morgan fingerprint density at radius 1 is 1.04 bits per heavy atom. The monoisotopic (exact) mass is 334 g/mol. The maximum absolute atomic E-state index is 4.95. The molecule has 0 N–H and O–H groups in total. The topological polar surface area (TPSA) is 25.8 Å². The third kappa shape index (κ3) is 1.91. The van der Waals surface area contributed by atoms with Gasteiger partial charge in [-0.05, 0) is 59.2 Å². The summed E-state index contributed by atoms with van der Waals surface area (Å²) in [6, 6.07) is 10.5. The van der Waals surface area contributed by atoms with E-state index in [2.05, 4.69) is 62.5 Å². The van der Waals surface area contributed by atoms with Crippen LogP contribution in [0.2, 0.25) is 0 Å². The largest absolute Gasteiger partial charge is 0.244 e. The highest BCUT2D eigenvalue weighted by Gasteiger charge is 2.27. The van der Waals surface area contributed by atoms with E-state index < -0.39 is 0 Å². The predicted octanol–water partition coefficient (Wildman–Crippen LogP) is 2.89. The van der Waals surface area contributed by atoms with Crippen LogP contribution in [0.25, 0.3) is 33.9 Å². The minimum Gasteiger partial charge on any atom is -0.244 e. The molecule has 2 aliphatic rings. The molecule has 2 nitrogen and oxygen atoms in total. The molecule has 0 amide bonds. The summed E-state index contributed by atoms with van der Waals surface area (Å²) in [6.45, 7) is 2.08. The summed E-state index contributed by atoms with van der Waals surface area (Å²) in [5, 5.41) is 2.69. The first kappa shape index (κ1) is 13.6. The van der Waals surface area contributed by atoms with Gasteiger partial charge in [0.15, 0.2) is 0 Å². The first-order chi connectivity index (χ1) is 11.1. The van der Waals surface area contributed by atoms with E-state index in [0.717, 1.165) is 39.3 Å². The molecule has 0 fully saturated rings. The van der Waals surface area contributed by atoms with Crippen LogP contribution in [0.3, 0.4) is 0 Å². The van der Waals surface area contributed by atoms with Crippen molar-refractivity contribution in [2.45, 2.75) is 23.5 Å². The third-order valence-corrected chi connectivity index (χ3v) is 5.19. The molecule has 5 rings (SSSR count). The molecule has 0 spiro atoms. The lowest BCUT2D eigenvalue weighted by Crippen LogP contribution is -2.32. The second-order valence-electron chi connectivity index (χ2n) is 6.29. The Kier molecular flexibility index (Phi) is 2.74. The van der Waals surface area contributed by atoms with Gasteiger partial charge in [-0.15, -0.1) is 12.6 Å². The minimum atomic E-state index is 0.210. The van der Waals surface area contributed by atoms with E-state index in [4.69, 9.17) is 9.97 Å². The van der Waals surface area contributed by atoms with Gasteiger partial charge >= 0.3 is 0 Å². The molecule has 0 bridgehead atoms. The maximum atomic E-state index is 4.95. The number of benzene rings is 2. The summed E-state index contributed by atoms with van der Waals surface area (Å²) in [5.41, 5.74) is 7.54. The molecule has 0 saturated heterocycles. The number of nitrogens with zero attached hydrogens (tertiary/aromatic N) is 2. The molecule has 1 heterocycles. The van der Waals surface area contributed by atoms with Crippen LogP contribution in [0.15, 0.2) is 35.2 Å². The van der Waals surface area contributed by atoms with Gasteiger partial charge in [-0.2, -0.15) is 12.6 Å². The fourth-order valence-corrected chi connectivity index (χ4v) is 4.27. The number of aromatic nitrogens is 2. The highest BCUT2D eigenvalue weighted by Crippen LogP contribution is 2.35. The molecule has 4 heteroatoms. The van der Waals surface area contributed by atoms with Gasteiger partial charge in [0.05, 0.1) is 22.4 Å². The van der Waals surface area contributed by atoms with Gasteiger partial charge in [0.25, 0.3) is 0 Å². The molecular weight excluding hydrogens is 320 g/mol. The second kappa shape index (κ2) is 4.62. The number of fused-ring (bicyclic) bond motifs is 4. The molecule has 1 aromatic heterocycles. The molecule has 112 valence electrons. The van der Waals surface area contributed by atoms with Crippen molar-refractivity contribution in [2.75, 3.05) is 0 Å². The summed E-state index contributed by atoms with van der Waals surface area (Å²) in [6.07, 6.45) is 3.11. The van der Waals surface area contributed by atoms with Crippen molar-refractivity contribution in [1.82, 2.24) is 9.97 Å². The molecule has 1 unspecified atom stereocenters. The Morgan fingerprint density at radius 3 is 2.74 bits per heavy atom. The van der Waals surface area contributed by atoms with E-state index in [0.29, 0.717) is 0 Å². The Labute approximate surface area is 144 Å². The summed E-state index contributed by atoms with van der Waals surface area (Å²) < 4.78 is 0. The van der Waals surface area contributed by atoms with Crippen LogP contribution in [0, 0.1) is 6.92 Å². The predicted molar refractivity (Wildman–Crippen MR) is 101 cm³/mol. The van der Waals surface area contributed by atoms with Crippen molar-refractivity contribution in [1.29, 1.82) is 0 Å². The van der Waals surface area contributed by atoms with E-state index in [1.807, 2.05) is 6.07 Å². The normalized spacial score (nSPS) is 17.9. The number of hydrogen-bond acceptors (Lipinski definition) is 4. The van der Waals surface area contributed by atoms with Crippen molar-refractivity contribution in [3.05, 3.63) is 52.0 Å². The Bertz CT molecular complexity index is 1130. The molecule has 0 aliphatic heterocycles. The number of hydrogen-bond donors (Lipinski definition) is 2. The Morgan fingerprint density at radius 2 is 1.87 bits per heavy atom. The van der Waals surface area contributed by atoms with Crippen molar-refractivity contribution in [2.24, 2.45) is 0 Å². The molecular formula is C19H14N2S2. The van der Waals surface area contributed by atoms with Crippen molar-refractivity contribution < 1.29 is 0 Å². The SMILES string of the molecule is Cc1ccc2nc3c(nc2c1)C1=c2c-3cc(S)cc2=CC(S)C1. The van der Waals surface area contributed by atoms with Crippen LogP contribution in [0.4, 0.5) is 0 Å². The quantitative estimate of drug-likeness (QED) is 0.618. The molecule has 2 aliphatic carbocycles. The minimum absolute atomic E-state index is 0.210. The van der Waals surface area contributed by atoms with E-state index in [1.165, 1.54) is 21.6 Å². The standard InChI is InChI=1S/C19H14N2S2/c1-9-2-3-15-16(4-9)21-19-14-8-12(23)6-10-5-11(22)7-13(17(10)14)18(19)20-15/h2-7,12,22-23H,8H2,1H3. The van der Waals surface area contributed by atoms with E-state index in [-0.39, 0.29) is 5.25 Å². The highest BCUT2D eigenvalue weighted by molar-refractivity contribution is 7.81. The number of thiol groups is 2. The van der Waals surface area contributed by atoms with Gasteiger partial charge in [0.1, 0.15) is 0 Å². The van der Waals surface area contributed by atoms with Gasteiger partial charge in [-0.25, -0.2) is 9.97 Å². The third-order valence-electron chi connectivity index (χ3n) is 4.60. The Hall–Kier alpha value is -1.78. The highest BCUT2D eigenvalue weighted by atomic mass is 32.1. The lowest BCUT2D eigenvalue weighted by molar-refractivity contribution is 1.09. The van der Waals surface area contributed by atoms with Crippen molar-refractivity contribution in [3.63, 3.8) is 0 Å². The molecule has 1 atom stereocenters. The fourth-order valence-electron chi connectivity index (χ4n) is 3.66. The zero-order chi connectivity index (χ0) is 15.7. The van der Waals surface area contributed by atoms with Gasteiger partial charge in [-0.1, -0.05) is 12.1 Å². The Balaban J connectivity index is 1.95. The van der Waals surface area contributed by atoms with Crippen LogP contribution >= 0.6 is 25.3 Å². The molecule has 2 aromatic carbocycles. The van der Waals surface area contributed by atoms with Crippen molar-refractivity contribution >= 4 is 47.9 Å².